The average Bonchev–Trinajstić information content (AvgIpc) is 2.85. The minimum Gasteiger partial charge on any atom is -0.321 e. The van der Waals surface area contributed by atoms with Crippen LogP contribution in [0.1, 0.15) is 34.6 Å². The molecule has 2 aromatic carbocycles. The molecule has 0 aliphatic carbocycles. The lowest BCUT2D eigenvalue weighted by atomic mass is 10.1. The SMILES string of the molecule is CC(C)NCC(=O)N=S(C)(=O)c1ccc(C(=O)Nc2ccc(Cl)cc2C(=O)Nc2ccc(Cl)cn2)cc1. The Bertz CT molecular complexity index is 1430. The second kappa shape index (κ2) is 12.3. The molecule has 0 bridgehead atoms. The number of nitrogens with zero attached hydrogens (tertiary/aromatic N) is 2. The van der Waals surface area contributed by atoms with Crippen LogP contribution in [0.4, 0.5) is 11.5 Å². The fourth-order valence-corrected chi connectivity index (χ4v) is 4.55. The van der Waals surface area contributed by atoms with Crippen LogP contribution in [0.25, 0.3) is 0 Å². The lowest BCUT2D eigenvalue weighted by Gasteiger charge is -2.12. The molecule has 3 rings (SSSR count). The van der Waals surface area contributed by atoms with Crippen LogP contribution in [0.5, 0.6) is 0 Å². The quantitative estimate of drug-likeness (QED) is 0.359. The molecule has 37 heavy (non-hydrogen) atoms. The summed E-state index contributed by atoms with van der Waals surface area (Å²) < 4.78 is 16.8. The Labute approximate surface area is 225 Å². The van der Waals surface area contributed by atoms with Crippen molar-refractivity contribution < 1.29 is 18.6 Å². The largest absolute Gasteiger partial charge is 0.321 e. The number of nitrogens with one attached hydrogen (secondary N) is 3. The molecule has 0 radical (unpaired) electrons. The first-order chi connectivity index (χ1) is 17.4. The molecule has 3 N–H and O–H groups in total. The maximum atomic E-state index is 12.9. The van der Waals surface area contributed by atoms with Crippen LogP contribution in [0.15, 0.2) is 70.1 Å². The molecule has 0 saturated carbocycles. The molecule has 3 amide bonds. The van der Waals surface area contributed by atoms with Crippen LogP contribution < -0.4 is 16.0 Å². The zero-order valence-electron chi connectivity index (χ0n) is 20.2. The second-order valence-corrected chi connectivity index (χ2v) is 11.4. The van der Waals surface area contributed by atoms with Gasteiger partial charge in [-0.15, -0.1) is 0 Å². The number of hydrogen-bond donors (Lipinski definition) is 3. The van der Waals surface area contributed by atoms with E-state index in [2.05, 4.69) is 25.3 Å². The van der Waals surface area contributed by atoms with Gasteiger partial charge in [0.25, 0.3) is 17.7 Å². The summed E-state index contributed by atoms with van der Waals surface area (Å²) in [6, 6.07) is 13.6. The highest BCUT2D eigenvalue weighted by Crippen LogP contribution is 2.23. The highest BCUT2D eigenvalue weighted by molar-refractivity contribution is 7.93. The summed E-state index contributed by atoms with van der Waals surface area (Å²) in [7, 11) is -2.99. The van der Waals surface area contributed by atoms with Crippen molar-refractivity contribution in [3.8, 4) is 0 Å². The molecule has 194 valence electrons. The summed E-state index contributed by atoms with van der Waals surface area (Å²) in [4.78, 5) is 42.1. The van der Waals surface area contributed by atoms with Crippen molar-refractivity contribution >= 4 is 62.2 Å². The van der Waals surface area contributed by atoms with Gasteiger partial charge in [0.15, 0.2) is 0 Å². The predicted molar refractivity (Wildman–Crippen MR) is 146 cm³/mol. The average molecular weight is 562 g/mol. The number of aromatic nitrogens is 1. The van der Waals surface area contributed by atoms with Crippen molar-refractivity contribution in [2.75, 3.05) is 23.4 Å². The molecule has 1 aromatic heterocycles. The molecule has 12 heteroatoms. The molecule has 1 unspecified atom stereocenters. The Balaban J connectivity index is 1.76. The van der Waals surface area contributed by atoms with Crippen LogP contribution in [0.2, 0.25) is 10.0 Å². The van der Waals surface area contributed by atoms with Gasteiger partial charge in [-0.05, 0) is 54.6 Å². The minimum atomic E-state index is -2.99. The van der Waals surface area contributed by atoms with E-state index in [4.69, 9.17) is 23.2 Å². The molecule has 0 spiro atoms. The summed E-state index contributed by atoms with van der Waals surface area (Å²) in [5.74, 6) is -1.30. The van der Waals surface area contributed by atoms with E-state index in [-0.39, 0.29) is 35.2 Å². The van der Waals surface area contributed by atoms with Crippen molar-refractivity contribution in [3.05, 3.63) is 82.0 Å². The number of benzene rings is 2. The smallest absolute Gasteiger partial charge is 0.267 e. The van der Waals surface area contributed by atoms with Gasteiger partial charge in [0.1, 0.15) is 5.82 Å². The zero-order valence-corrected chi connectivity index (χ0v) is 22.6. The van der Waals surface area contributed by atoms with Gasteiger partial charge in [-0.2, -0.15) is 4.36 Å². The normalized spacial score (nSPS) is 12.5. The lowest BCUT2D eigenvalue weighted by Crippen LogP contribution is -2.28. The van der Waals surface area contributed by atoms with Gasteiger partial charge in [0.05, 0.1) is 32.5 Å². The number of carbonyl (C=O) groups is 3. The second-order valence-electron chi connectivity index (χ2n) is 8.31. The Morgan fingerprint density at radius 2 is 1.62 bits per heavy atom. The standard InChI is InChI=1S/C25H25Cl2N5O4S/c1-15(2)28-14-23(33)32-37(3,36)19-8-4-16(5-9-19)24(34)30-21-10-6-17(26)12-20(21)25(35)31-22-11-7-18(27)13-29-22/h4-13,15,28H,14H2,1-3H3,(H,30,34)(H,29,31,35). The third-order valence-electron chi connectivity index (χ3n) is 4.93. The molecule has 1 heterocycles. The van der Waals surface area contributed by atoms with Gasteiger partial charge in [0, 0.05) is 34.0 Å². The molecular weight excluding hydrogens is 537 g/mol. The monoisotopic (exact) mass is 561 g/mol. The molecule has 0 fully saturated rings. The number of carbonyl (C=O) groups excluding carboxylic acids is 3. The van der Waals surface area contributed by atoms with Gasteiger partial charge in [-0.25, -0.2) is 9.19 Å². The van der Waals surface area contributed by atoms with Crippen molar-refractivity contribution in [3.63, 3.8) is 0 Å². The van der Waals surface area contributed by atoms with Crippen LogP contribution >= 0.6 is 23.2 Å². The highest BCUT2D eigenvalue weighted by atomic mass is 35.5. The minimum absolute atomic E-state index is 0.0198. The van der Waals surface area contributed by atoms with E-state index in [9.17, 15) is 18.6 Å². The summed E-state index contributed by atoms with van der Waals surface area (Å²) in [6.45, 7) is 3.75. The Hall–Kier alpha value is -3.31. The molecule has 0 aliphatic heterocycles. The van der Waals surface area contributed by atoms with E-state index >= 15 is 0 Å². The topological polar surface area (TPSA) is 130 Å². The van der Waals surface area contributed by atoms with E-state index in [1.165, 1.54) is 61.0 Å². The Morgan fingerprint density at radius 1 is 0.946 bits per heavy atom. The predicted octanol–water partition coefficient (Wildman–Crippen LogP) is 4.87. The first-order valence-corrected chi connectivity index (χ1v) is 13.7. The van der Waals surface area contributed by atoms with Crippen LogP contribution in [0, 0.1) is 0 Å². The number of halogens is 2. The van der Waals surface area contributed by atoms with E-state index in [1.54, 1.807) is 6.07 Å². The highest BCUT2D eigenvalue weighted by Gasteiger charge is 2.17. The van der Waals surface area contributed by atoms with Crippen molar-refractivity contribution in [2.24, 2.45) is 4.36 Å². The third-order valence-corrected chi connectivity index (χ3v) is 7.09. The molecule has 0 saturated heterocycles. The van der Waals surface area contributed by atoms with E-state index in [0.29, 0.717) is 14.9 Å². The molecule has 9 nitrogen and oxygen atoms in total. The Morgan fingerprint density at radius 3 is 2.24 bits per heavy atom. The van der Waals surface area contributed by atoms with Crippen molar-refractivity contribution in [1.82, 2.24) is 10.3 Å². The molecule has 0 aliphatic rings. The van der Waals surface area contributed by atoms with Crippen molar-refractivity contribution in [2.45, 2.75) is 24.8 Å². The summed E-state index contributed by atoms with van der Waals surface area (Å²) in [6.07, 6.45) is 2.76. The van der Waals surface area contributed by atoms with E-state index in [1.807, 2.05) is 13.8 Å². The lowest BCUT2D eigenvalue weighted by molar-refractivity contribution is -0.116. The van der Waals surface area contributed by atoms with Gasteiger partial charge < -0.3 is 16.0 Å². The molecule has 1 atom stereocenters. The van der Waals surface area contributed by atoms with E-state index < -0.39 is 27.5 Å². The fourth-order valence-electron chi connectivity index (χ4n) is 3.07. The molecular formula is C25H25Cl2N5O4S. The number of anilines is 2. The Kier molecular flexibility index (Phi) is 9.39. The molecule has 3 aromatic rings. The number of rotatable bonds is 8. The van der Waals surface area contributed by atoms with Crippen LogP contribution in [0.3, 0.4) is 0 Å². The summed E-state index contributed by atoms with van der Waals surface area (Å²) >= 11 is 11.9. The van der Waals surface area contributed by atoms with Gasteiger partial charge >= 0.3 is 0 Å². The van der Waals surface area contributed by atoms with E-state index in [0.717, 1.165) is 0 Å². The maximum absolute atomic E-state index is 12.9. The number of amides is 3. The number of pyridine rings is 1. The zero-order chi connectivity index (χ0) is 27.2. The first-order valence-electron chi connectivity index (χ1n) is 11.1. The van der Waals surface area contributed by atoms with Gasteiger partial charge in [0.2, 0.25) is 0 Å². The maximum Gasteiger partial charge on any atom is 0.267 e. The summed E-state index contributed by atoms with van der Waals surface area (Å²) in [5, 5.41) is 8.97. The third kappa shape index (κ3) is 8.09. The van der Waals surface area contributed by atoms with Crippen molar-refractivity contribution in [1.29, 1.82) is 0 Å². The van der Waals surface area contributed by atoms with Gasteiger partial charge in [-0.1, -0.05) is 37.0 Å². The number of hydrogen-bond acceptors (Lipinski definition) is 6. The van der Waals surface area contributed by atoms with Crippen LogP contribution in [-0.4, -0.2) is 45.8 Å². The van der Waals surface area contributed by atoms with Crippen LogP contribution in [-0.2, 0) is 14.5 Å². The summed E-state index contributed by atoms with van der Waals surface area (Å²) in [5.41, 5.74) is 0.591. The fraction of sp³-hybridized carbons (Fsp3) is 0.200. The van der Waals surface area contributed by atoms with Gasteiger partial charge in [-0.3, -0.25) is 14.4 Å². The first kappa shape index (κ1) is 28.3.